The van der Waals surface area contributed by atoms with Crippen LogP contribution in [0.2, 0.25) is 10.0 Å². The highest BCUT2D eigenvalue weighted by molar-refractivity contribution is 6.32. The minimum absolute atomic E-state index is 0.000394. The first-order chi connectivity index (χ1) is 42.7. The van der Waals surface area contributed by atoms with Gasteiger partial charge in [-0.2, -0.15) is 52.7 Å². The lowest BCUT2D eigenvalue weighted by molar-refractivity contribution is -0.140. The standard InChI is InChI=1S/3C12H8F4.C12H9F3.C11H6ClF3.C11H7ClF2/c1-7-2-4-9-8(6-7)3-5-10(11(9)13)12(14,15)16;1-7-4-8-2-3-9(12(14,15)16)6-10(8)11(13)5-7;1-7-2-3-8-5-10(12(14,15)16)11(13)6-9(8)4-7;1-8-2-3-10-7-11(12(13,14)15)5-4-9(10)6-8;1-5-2-6-4-8(14)10(12)11(15)9(6)7(13)3-5;1-6-2-7-4-11(14)9(12)5-8(7)10(13)3-6/h3*2-6H,1H3;2-7H,1H3;2-4H,1H3;2-5H,1H3. The monoisotopic (exact) mass is 1340 g/mol. The summed E-state index contributed by atoms with van der Waals surface area (Å²) in [6.07, 6.45) is -18.0. The average Bonchev–Trinajstić information content (AvgIpc) is 0.842. The van der Waals surface area contributed by atoms with Gasteiger partial charge in [0.25, 0.3) is 0 Å². The summed E-state index contributed by atoms with van der Waals surface area (Å²) in [5.41, 5.74) is 0.984. The van der Waals surface area contributed by atoms with Crippen LogP contribution >= 0.6 is 23.2 Å². The summed E-state index contributed by atoms with van der Waals surface area (Å²) < 4.78 is 255. The average molecular weight is 1340 g/mol. The van der Waals surface area contributed by atoms with E-state index in [1.165, 1.54) is 66.7 Å². The topological polar surface area (TPSA) is 0 Å². The number of hydrogen-bond acceptors (Lipinski definition) is 0. The molecule has 0 aromatic heterocycles. The molecule has 0 nitrogen and oxygen atoms in total. The molecule has 0 N–H and O–H groups in total. The number of rotatable bonds is 0. The van der Waals surface area contributed by atoms with Gasteiger partial charge < -0.3 is 0 Å². The zero-order valence-electron chi connectivity index (χ0n) is 48.5. The summed E-state index contributed by atoms with van der Waals surface area (Å²) in [6.45, 7) is 10.6. The molecule has 0 atom stereocenters. The third-order valence-electron chi connectivity index (χ3n) is 13.8. The van der Waals surface area contributed by atoms with Crippen LogP contribution in [0.25, 0.3) is 64.6 Å². The van der Waals surface area contributed by atoms with Gasteiger partial charge in [0.1, 0.15) is 45.7 Å². The predicted molar refractivity (Wildman–Crippen MR) is 322 cm³/mol. The quantitative estimate of drug-likeness (QED) is 0.105. The Morgan fingerprint density at radius 1 is 0.250 bits per heavy atom. The third-order valence-corrected chi connectivity index (χ3v) is 14.4. The summed E-state index contributed by atoms with van der Waals surface area (Å²) in [7, 11) is 0. The fraction of sp³-hybridized carbons (Fsp3) is 0.143. The molecule has 0 saturated heterocycles. The molecule has 480 valence electrons. The Bertz CT molecular complexity index is 4680. The van der Waals surface area contributed by atoms with Gasteiger partial charge >= 0.3 is 24.7 Å². The van der Waals surface area contributed by atoms with Crippen LogP contribution in [0.4, 0.5) is 87.8 Å². The van der Waals surface area contributed by atoms with Gasteiger partial charge in [-0.05, 0) is 180 Å². The highest BCUT2D eigenvalue weighted by Crippen LogP contribution is 2.38. The number of halogens is 22. The van der Waals surface area contributed by atoms with Crippen molar-refractivity contribution in [3.8, 4) is 0 Å². The molecular formula is C70H46Cl2F20. The van der Waals surface area contributed by atoms with Crippen LogP contribution in [0.1, 0.15) is 55.6 Å². The first-order valence-corrected chi connectivity index (χ1v) is 27.6. The van der Waals surface area contributed by atoms with E-state index in [1.54, 1.807) is 83.1 Å². The zero-order valence-corrected chi connectivity index (χ0v) is 50.0. The van der Waals surface area contributed by atoms with Gasteiger partial charge in [-0.25, -0.2) is 35.1 Å². The second kappa shape index (κ2) is 28.1. The van der Waals surface area contributed by atoms with Crippen LogP contribution in [0.3, 0.4) is 0 Å². The Balaban J connectivity index is 0.000000157. The van der Waals surface area contributed by atoms with E-state index in [4.69, 9.17) is 23.2 Å². The van der Waals surface area contributed by atoms with E-state index in [-0.39, 0.29) is 32.4 Å². The molecule has 0 radical (unpaired) electrons. The van der Waals surface area contributed by atoms with Crippen molar-refractivity contribution in [1.82, 2.24) is 0 Å². The summed E-state index contributed by atoms with van der Waals surface area (Å²) >= 11 is 10.9. The van der Waals surface area contributed by atoms with Crippen LogP contribution in [0, 0.1) is 88.1 Å². The predicted octanol–water partition coefficient (Wildman–Crippen LogP) is 25.4. The van der Waals surface area contributed by atoms with Crippen molar-refractivity contribution in [2.45, 2.75) is 66.2 Å². The fourth-order valence-electron chi connectivity index (χ4n) is 9.39. The normalized spacial score (nSPS) is 11.7. The molecule has 0 unspecified atom stereocenters. The molecule has 22 heteroatoms. The molecule has 92 heavy (non-hydrogen) atoms. The summed E-state index contributed by atoms with van der Waals surface area (Å²) in [6, 6.07) is 37.8. The highest BCUT2D eigenvalue weighted by Gasteiger charge is 2.36. The Hall–Kier alpha value is -8.62. The Labute approximate surface area is 521 Å². The number of alkyl halides is 12. The van der Waals surface area contributed by atoms with Gasteiger partial charge in [0.2, 0.25) is 0 Å². The van der Waals surface area contributed by atoms with E-state index in [1.807, 2.05) is 19.1 Å². The molecule has 0 fully saturated rings. The van der Waals surface area contributed by atoms with E-state index >= 15 is 0 Å². The Morgan fingerprint density at radius 2 is 0.641 bits per heavy atom. The molecule has 0 aliphatic carbocycles. The maximum atomic E-state index is 13.6. The summed E-state index contributed by atoms with van der Waals surface area (Å²) in [4.78, 5) is 0. The maximum Gasteiger partial charge on any atom is 0.419 e. The molecule has 0 bridgehead atoms. The Kier molecular flexibility index (Phi) is 21.6. The van der Waals surface area contributed by atoms with Gasteiger partial charge in [-0.15, -0.1) is 0 Å². The van der Waals surface area contributed by atoms with Gasteiger partial charge in [0.15, 0.2) is 5.82 Å². The first-order valence-electron chi connectivity index (χ1n) is 26.9. The fourth-order valence-corrected chi connectivity index (χ4v) is 9.70. The molecule has 0 aliphatic heterocycles. The molecule has 12 rings (SSSR count). The van der Waals surface area contributed by atoms with E-state index in [0.29, 0.717) is 48.8 Å². The van der Waals surface area contributed by atoms with Crippen LogP contribution in [-0.4, -0.2) is 0 Å². The van der Waals surface area contributed by atoms with Crippen LogP contribution < -0.4 is 0 Å². The van der Waals surface area contributed by atoms with Crippen molar-refractivity contribution in [3.05, 3.63) is 282 Å². The number of hydrogen-bond donors (Lipinski definition) is 0. The molecule has 0 amide bonds. The molecule has 0 aliphatic rings. The lowest BCUT2D eigenvalue weighted by Gasteiger charge is -2.10. The van der Waals surface area contributed by atoms with Crippen molar-refractivity contribution >= 4 is 87.8 Å². The molecule has 0 saturated carbocycles. The van der Waals surface area contributed by atoms with Gasteiger partial charge in [-0.3, -0.25) is 0 Å². The van der Waals surface area contributed by atoms with Crippen molar-refractivity contribution in [2.75, 3.05) is 0 Å². The molecule has 0 spiro atoms. The van der Waals surface area contributed by atoms with E-state index in [9.17, 15) is 87.8 Å². The van der Waals surface area contributed by atoms with Crippen molar-refractivity contribution in [3.63, 3.8) is 0 Å². The minimum atomic E-state index is -4.65. The minimum Gasteiger partial charge on any atom is -0.206 e. The lowest BCUT2D eigenvalue weighted by atomic mass is 10.0. The molecule has 0 heterocycles. The number of aryl methyl sites for hydroxylation is 6. The highest BCUT2D eigenvalue weighted by atomic mass is 35.5. The second-order valence-electron chi connectivity index (χ2n) is 21.1. The lowest BCUT2D eigenvalue weighted by Crippen LogP contribution is -2.08. The van der Waals surface area contributed by atoms with Crippen LogP contribution in [0.15, 0.2) is 170 Å². The third kappa shape index (κ3) is 17.5. The molecule has 12 aromatic carbocycles. The Morgan fingerprint density at radius 3 is 1.20 bits per heavy atom. The summed E-state index contributed by atoms with van der Waals surface area (Å²) in [5.74, 6) is -6.62. The SMILES string of the molecule is Cc1cc(F)c2c(F)c(Cl)c(F)cc2c1.Cc1cc(F)c2cc(C(F)(F)F)ccc2c1.Cc1cc(F)c2cc(Cl)c(F)cc2c1.Cc1ccc2c(F)c(C(F)(F)F)ccc2c1.Cc1ccc2cc(C(F)(F)F)c(F)cc2c1.Cc1ccc2cc(C(F)(F)F)ccc2c1. The molecular weight excluding hydrogens is 1290 g/mol. The van der Waals surface area contributed by atoms with Gasteiger partial charge in [-0.1, -0.05) is 131 Å². The van der Waals surface area contributed by atoms with Gasteiger partial charge in [0.05, 0.1) is 32.7 Å². The largest absolute Gasteiger partial charge is 0.419 e. The second-order valence-corrected chi connectivity index (χ2v) is 21.9. The van der Waals surface area contributed by atoms with Crippen molar-refractivity contribution in [2.24, 2.45) is 0 Å². The smallest absolute Gasteiger partial charge is 0.206 e. The number of fused-ring (bicyclic) bond motifs is 6. The zero-order chi connectivity index (χ0) is 68.3. The first kappa shape index (κ1) is 70.8. The van der Waals surface area contributed by atoms with Crippen molar-refractivity contribution < 1.29 is 87.8 Å². The van der Waals surface area contributed by atoms with E-state index in [2.05, 4.69) is 0 Å². The number of benzene rings is 12. The van der Waals surface area contributed by atoms with Crippen LogP contribution in [0.5, 0.6) is 0 Å². The molecule has 12 aromatic rings. The van der Waals surface area contributed by atoms with Crippen molar-refractivity contribution in [1.29, 1.82) is 0 Å². The summed E-state index contributed by atoms with van der Waals surface area (Å²) in [5, 5.41) is 3.33. The van der Waals surface area contributed by atoms with Crippen LogP contribution in [-0.2, 0) is 24.7 Å². The van der Waals surface area contributed by atoms with E-state index < -0.39 is 92.7 Å². The van der Waals surface area contributed by atoms with E-state index in [0.717, 1.165) is 70.1 Å². The van der Waals surface area contributed by atoms with Gasteiger partial charge in [0, 0.05) is 16.2 Å². The maximum absolute atomic E-state index is 13.6.